The number of ketones is 2. The van der Waals surface area contributed by atoms with Crippen molar-refractivity contribution in [3.63, 3.8) is 0 Å². The molecule has 0 amide bonds. The van der Waals surface area contributed by atoms with Gasteiger partial charge < -0.3 is 0 Å². The van der Waals surface area contributed by atoms with E-state index in [0.717, 1.165) is 25.7 Å². The van der Waals surface area contributed by atoms with Crippen molar-refractivity contribution in [1.82, 2.24) is 0 Å². The van der Waals surface area contributed by atoms with Crippen LogP contribution in [0, 0.1) is 0 Å². The molecule has 2 aromatic rings. The average molecular weight is 346 g/mol. The number of carbonyl (C=O) groups is 2. The smallest absolute Gasteiger partial charge is 0.203 e. The van der Waals surface area contributed by atoms with Gasteiger partial charge in [0, 0.05) is 11.1 Å². The van der Waals surface area contributed by atoms with Crippen molar-refractivity contribution >= 4 is 24.0 Å². The van der Waals surface area contributed by atoms with E-state index in [1.807, 2.05) is 36.4 Å². The molecule has 0 N–H and O–H groups in total. The third kappa shape index (κ3) is 4.82. The molecule has 0 radical (unpaired) electrons. The largest absolute Gasteiger partial charge is 0.288 e. The molecule has 2 atom stereocenters. The molecule has 3 rings (SSSR count). The minimum absolute atomic E-state index is 0.0452. The molecule has 0 saturated heterocycles. The first-order valence-electron chi connectivity index (χ1n) is 8.99. The van der Waals surface area contributed by atoms with Crippen molar-refractivity contribution in [3.05, 3.63) is 71.8 Å². The summed E-state index contributed by atoms with van der Waals surface area (Å²) >= 11 is 0. The van der Waals surface area contributed by atoms with Gasteiger partial charge in [0.2, 0.25) is 11.6 Å². The second-order valence-corrected chi connectivity index (χ2v) is 6.44. The van der Waals surface area contributed by atoms with Crippen molar-refractivity contribution in [2.24, 2.45) is 9.98 Å². The molecule has 1 aliphatic carbocycles. The van der Waals surface area contributed by atoms with Gasteiger partial charge in [-0.15, -0.1) is 0 Å². The van der Waals surface area contributed by atoms with Crippen molar-refractivity contribution in [2.45, 2.75) is 37.8 Å². The lowest BCUT2D eigenvalue weighted by molar-refractivity contribution is 0.106. The fourth-order valence-electron chi connectivity index (χ4n) is 3.12. The number of aliphatic imine (C=N–C) groups is 2. The van der Waals surface area contributed by atoms with Gasteiger partial charge >= 0.3 is 0 Å². The third-order valence-corrected chi connectivity index (χ3v) is 4.58. The standard InChI is InChI=1S/C22H22N2O2/c25-21(17-9-3-1-4-10-17)15-23-19-13-7-8-14-20(19)24-16-22(26)18-11-5-2-6-12-18/h1-6,9-12,15-16,19-20H,7-8,13-14H2/t19-,20-/m1/s1. The van der Waals surface area contributed by atoms with E-state index in [4.69, 9.17) is 0 Å². The average Bonchev–Trinajstić information content (AvgIpc) is 2.72. The number of rotatable bonds is 6. The van der Waals surface area contributed by atoms with Crippen LogP contribution >= 0.6 is 0 Å². The Morgan fingerprint density at radius 3 is 1.46 bits per heavy atom. The first-order chi connectivity index (χ1) is 12.7. The van der Waals surface area contributed by atoms with Gasteiger partial charge in [0.05, 0.1) is 24.5 Å². The number of carbonyl (C=O) groups excluding carboxylic acids is 2. The number of hydrogen-bond donors (Lipinski definition) is 0. The van der Waals surface area contributed by atoms with E-state index < -0.39 is 0 Å². The zero-order valence-electron chi connectivity index (χ0n) is 14.6. The third-order valence-electron chi connectivity index (χ3n) is 4.58. The van der Waals surface area contributed by atoms with Gasteiger partial charge in [-0.25, -0.2) is 0 Å². The monoisotopic (exact) mass is 346 g/mol. The van der Waals surface area contributed by atoms with Gasteiger partial charge in [0.1, 0.15) is 0 Å². The molecule has 0 heterocycles. The van der Waals surface area contributed by atoms with E-state index in [9.17, 15) is 9.59 Å². The Morgan fingerprint density at radius 2 is 1.08 bits per heavy atom. The minimum atomic E-state index is -0.0979. The van der Waals surface area contributed by atoms with Crippen LogP contribution in [-0.2, 0) is 0 Å². The van der Waals surface area contributed by atoms with Crippen LogP contribution in [0.15, 0.2) is 70.6 Å². The van der Waals surface area contributed by atoms with E-state index in [1.54, 1.807) is 24.3 Å². The maximum atomic E-state index is 12.2. The van der Waals surface area contributed by atoms with Crippen LogP contribution in [0.2, 0.25) is 0 Å². The summed E-state index contributed by atoms with van der Waals surface area (Å²) in [4.78, 5) is 33.4. The summed E-state index contributed by atoms with van der Waals surface area (Å²) in [5, 5.41) is 0. The Bertz CT molecular complexity index is 728. The normalized spacial score (nSPS) is 20.5. The maximum absolute atomic E-state index is 12.2. The lowest BCUT2D eigenvalue weighted by atomic mass is 9.91. The fraction of sp³-hybridized carbons (Fsp3) is 0.273. The lowest BCUT2D eigenvalue weighted by Crippen LogP contribution is -2.28. The molecular weight excluding hydrogens is 324 g/mol. The van der Waals surface area contributed by atoms with Gasteiger partial charge in [0.15, 0.2) is 0 Å². The molecule has 4 heteroatoms. The molecule has 1 saturated carbocycles. The zero-order valence-corrected chi connectivity index (χ0v) is 14.6. The topological polar surface area (TPSA) is 58.9 Å². The summed E-state index contributed by atoms with van der Waals surface area (Å²) in [5.74, 6) is -0.196. The predicted molar refractivity (Wildman–Crippen MR) is 105 cm³/mol. The second-order valence-electron chi connectivity index (χ2n) is 6.44. The van der Waals surface area contributed by atoms with Gasteiger partial charge in [-0.05, 0) is 12.8 Å². The summed E-state index contributed by atoms with van der Waals surface area (Å²) in [5.41, 5.74) is 1.26. The van der Waals surface area contributed by atoms with Crippen LogP contribution in [0.3, 0.4) is 0 Å². The highest BCUT2D eigenvalue weighted by molar-refractivity contribution is 6.35. The molecule has 2 aromatic carbocycles. The molecular formula is C22H22N2O2. The Morgan fingerprint density at radius 1 is 0.692 bits per heavy atom. The van der Waals surface area contributed by atoms with Crippen LogP contribution < -0.4 is 0 Å². The zero-order chi connectivity index (χ0) is 18.2. The number of nitrogens with zero attached hydrogens (tertiary/aromatic N) is 2. The van der Waals surface area contributed by atoms with Gasteiger partial charge in [-0.1, -0.05) is 73.5 Å². The van der Waals surface area contributed by atoms with Crippen molar-refractivity contribution in [3.8, 4) is 0 Å². The van der Waals surface area contributed by atoms with Crippen LogP contribution in [0.1, 0.15) is 46.4 Å². The van der Waals surface area contributed by atoms with Crippen LogP contribution in [0.4, 0.5) is 0 Å². The van der Waals surface area contributed by atoms with Crippen molar-refractivity contribution in [1.29, 1.82) is 0 Å². The highest BCUT2D eigenvalue weighted by atomic mass is 16.1. The lowest BCUT2D eigenvalue weighted by Gasteiger charge is -2.25. The van der Waals surface area contributed by atoms with E-state index >= 15 is 0 Å². The fourth-order valence-corrected chi connectivity index (χ4v) is 3.12. The van der Waals surface area contributed by atoms with E-state index in [0.29, 0.717) is 11.1 Å². The molecule has 26 heavy (non-hydrogen) atoms. The molecule has 0 unspecified atom stereocenters. The molecule has 0 bridgehead atoms. The summed E-state index contributed by atoms with van der Waals surface area (Å²) in [6.07, 6.45) is 6.74. The Kier molecular flexibility index (Phi) is 6.20. The minimum Gasteiger partial charge on any atom is -0.288 e. The number of benzene rings is 2. The number of hydrogen-bond acceptors (Lipinski definition) is 4. The van der Waals surface area contributed by atoms with E-state index in [2.05, 4.69) is 9.98 Å². The van der Waals surface area contributed by atoms with Crippen molar-refractivity contribution < 1.29 is 9.59 Å². The maximum Gasteiger partial charge on any atom is 0.203 e. The Hall–Kier alpha value is -2.88. The van der Waals surface area contributed by atoms with Crippen LogP contribution in [0.5, 0.6) is 0 Å². The number of Topliss-reactive ketones (excluding diaryl/α,β-unsaturated/α-hetero) is 2. The van der Waals surface area contributed by atoms with Gasteiger partial charge in [0.25, 0.3) is 0 Å². The van der Waals surface area contributed by atoms with Crippen LogP contribution in [-0.4, -0.2) is 36.1 Å². The molecule has 4 nitrogen and oxygen atoms in total. The summed E-state index contributed by atoms with van der Waals surface area (Å²) < 4.78 is 0. The van der Waals surface area contributed by atoms with Crippen LogP contribution in [0.25, 0.3) is 0 Å². The molecule has 1 fully saturated rings. The van der Waals surface area contributed by atoms with Gasteiger partial charge in [-0.3, -0.25) is 19.6 Å². The first kappa shape index (κ1) is 17.9. The van der Waals surface area contributed by atoms with E-state index in [-0.39, 0.29) is 23.7 Å². The first-order valence-corrected chi connectivity index (χ1v) is 8.99. The summed E-state index contributed by atoms with van der Waals surface area (Å²) in [6.45, 7) is 0. The summed E-state index contributed by atoms with van der Waals surface area (Å²) in [7, 11) is 0. The van der Waals surface area contributed by atoms with Crippen molar-refractivity contribution in [2.75, 3.05) is 0 Å². The Labute approximate surface area is 153 Å². The SMILES string of the molecule is O=C(C=N[C@@H]1CCCC[C@H]1N=CC(=O)c1ccccc1)c1ccccc1. The molecule has 0 aromatic heterocycles. The molecule has 132 valence electrons. The second kappa shape index (κ2) is 8.99. The molecule has 0 spiro atoms. The van der Waals surface area contributed by atoms with Gasteiger partial charge in [-0.2, -0.15) is 0 Å². The highest BCUT2D eigenvalue weighted by Gasteiger charge is 2.23. The molecule has 1 aliphatic rings. The highest BCUT2D eigenvalue weighted by Crippen LogP contribution is 2.23. The quantitative estimate of drug-likeness (QED) is 0.581. The Balaban J connectivity index is 1.66. The summed E-state index contributed by atoms with van der Waals surface area (Å²) in [6, 6.07) is 18.1. The predicted octanol–water partition coefficient (Wildman–Crippen LogP) is 4.21. The van der Waals surface area contributed by atoms with E-state index in [1.165, 1.54) is 12.4 Å². The molecule has 0 aliphatic heterocycles.